The highest BCUT2D eigenvalue weighted by atomic mass is 16.2. The Morgan fingerprint density at radius 3 is 2.93 bits per heavy atom. The highest BCUT2D eigenvalue weighted by Gasteiger charge is 2.24. The SMILES string of the molecule is CC(C)N1CCCn2nccc2C1=O. The fourth-order valence-corrected chi connectivity index (χ4v) is 1.82. The molecular formula is C10H15N3O. The van der Waals surface area contributed by atoms with Gasteiger partial charge in [0, 0.05) is 25.3 Å². The number of aryl methyl sites for hydroxylation is 1. The quantitative estimate of drug-likeness (QED) is 0.670. The molecule has 0 saturated carbocycles. The summed E-state index contributed by atoms with van der Waals surface area (Å²) in [5.41, 5.74) is 0.719. The van der Waals surface area contributed by atoms with E-state index in [0.29, 0.717) is 0 Å². The number of rotatable bonds is 1. The van der Waals surface area contributed by atoms with E-state index in [4.69, 9.17) is 0 Å². The van der Waals surface area contributed by atoms with E-state index in [9.17, 15) is 4.79 Å². The molecule has 0 N–H and O–H groups in total. The third-order valence-electron chi connectivity index (χ3n) is 2.59. The summed E-state index contributed by atoms with van der Waals surface area (Å²) < 4.78 is 1.80. The summed E-state index contributed by atoms with van der Waals surface area (Å²) >= 11 is 0. The van der Waals surface area contributed by atoms with Crippen molar-refractivity contribution < 1.29 is 4.79 Å². The Morgan fingerprint density at radius 2 is 2.21 bits per heavy atom. The van der Waals surface area contributed by atoms with Crippen molar-refractivity contribution in [3.8, 4) is 0 Å². The Kier molecular flexibility index (Phi) is 2.27. The lowest BCUT2D eigenvalue weighted by Gasteiger charge is -2.24. The van der Waals surface area contributed by atoms with Crippen LogP contribution in [0.2, 0.25) is 0 Å². The molecule has 1 aliphatic rings. The van der Waals surface area contributed by atoms with Crippen LogP contribution in [0.25, 0.3) is 0 Å². The van der Waals surface area contributed by atoms with E-state index in [1.807, 2.05) is 18.7 Å². The number of carbonyl (C=O) groups excluding carboxylic acids is 1. The van der Waals surface area contributed by atoms with Crippen LogP contribution in [-0.4, -0.2) is 33.2 Å². The average Bonchev–Trinajstić information content (AvgIpc) is 2.53. The number of fused-ring (bicyclic) bond motifs is 1. The van der Waals surface area contributed by atoms with Gasteiger partial charge in [-0.1, -0.05) is 0 Å². The molecule has 0 aromatic carbocycles. The van der Waals surface area contributed by atoms with Crippen molar-refractivity contribution >= 4 is 5.91 Å². The molecule has 0 aliphatic carbocycles. The fourth-order valence-electron chi connectivity index (χ4n) is 1.82. The molecule has 4 heteroatoms. The second-order valence-corrected chi connectivity index (χ2v) is 3.89. The molecule has 0 atom stereocenters. The highest BCUT2D eigenvalue weighted by Crippen LogP contribution is 2.13. The first kappa shape index (κ1) is 9.24. The van der Waals surface area contributed by atoms with Gasteiger partial charge in [-0.3, -0.25) is 9.48 Å². The minimum atomic E-state index is 0.106. The second-order valence-electron chi connectivity index (χ2n) is 3.89. The Labute approximate surface area is 83.5 Å². The van der Waals surface area contributed by atoms with Crippen molar-refractivity contribution in [3.05, 3.63) is 18.0 Å². The molecule has 0 spiro atoms. The van der Waals surface area contributed by atoms with Gasteiger partial charge in [-0.05, 0) is 26.3 Å². The molecule has 1 aliphatic heterocycles. The third-order valence-corrected chi connectivity index (χ3v) is 2.59. The molecule has 1 amide bonds. The molecule has 1 aromatic heterocycles. The maximum absolute atomic E-state index is 12.0. The van der Waals surface area contributed by atoms with E-state index in [0.717, 1.165) is 25.2 Å². The zero-order chi connectivity index (χ0) is 10.1. The van der Waals surface area contributed by atoms with Crippen LogP contribution in [0.4, 0.5) is 0 Å². The molecule has 1 aromatic rings. The highest BCUT2D eigenvalue weighted by molar-refractivity contribution is 5.92. The Bertz CT molecular complexity index is 343. The van der Waals surface area contributed by atoms with Crippen molar-refractivity contribution in [1.29, 1.82) is 0 Å². The first-order valence-electron chi connectivity index (χ1n) is 5.03. The standard InChI is InChI=1S/C10H15N3O/c1-8(2)12-6-3-7-13-9(10(12)14)4-5-11-13/h4-5,8H,3,6-7H2,1-2H3. The summed E-state index contributed by atoms with van der Waals surface area (Å²) in [4.78, 5) is 13.9. The number of hydrogen-bond acceptors (Lipinski definition) is 2. The maximum atomic E-state index is 12.0. The van der Waals surface area contributed by atoms with Crippen molar-refractivity contribution in [2.24, 2.45) is 0 Å². The number of aromatic nitrogens is 2. The predicted octanol–water partition coefficient (Wildman–Crippen LogP) is 1.14. The normalized spacial score (nSPS) is 17.1. The number of nitrogens with zero attached hydrogens (tertiary/aromatic N) is 3. The van der Waals surface area contributed by atoms with E-state index in [1.165, 1.54) is 0 Å². The molecule has 0 radical (unpaired) electrons. The number of amides is 1. The van der Waals surface area contributed by atoms with E-state index in [1.54, 1.807) is 16.9 Å². The molecule has 0 unspecified atom stereocenters. The van der Waals surface area contributed by atoms with Gasteiger partial charge in [-0.25, -0.2) is 0 Å². The van der Waals surface area contributed by atoms with E-state index in [-0.39, 0.29) is 11.9 Å². The van der Waals surface area contributed by atoms with Crippen LogP contribution in [0.5, 0.6) is 0 Å². The van der Waals surface area contributed by atoms with Gasteiger partial charge in [0.15, 0.2) is 0 Å². The molecule has 14 heavy (non-hydrogen) atoms. The minimum Gasteiger partial charge on any atom is -0.335 e. The summed E-state index contributed by atoms with van der Waals surface area (Å²) in [6.07, 6.45) is 2.68. The molecule has 0 fully saturated rings. The molecule has 0 saturated heterocycles. The molecule has 0 bridgehead atoms. The Morgan fingerprint density at radius 1 is 1.43 bits per heavy atom. The van der Waals surface area contributed by atoms with Gasteiger partial charge >= 0.3 is 0 Å². The summed E-state index contributed by atoms with van der Waals surface area (Å²) in [7, 11) is 0. The smallest absolute Gasteiger partial charge is 0.272 e. The van der Waals surface area contributed by atoms with Gasteiger partial charge in [0.05, 0.1) is 0 Å². The van der Waals surface area contributed by atoms with Gasteiger partial charge in [0.2, 0.25) is 0 Å². The van der Waals surface area contributed by atoms with E-state index in [2.05, 4.69) is 5.10 Å². The molecule has 2 heterocycles. The summed E-state index contributed by atoms with van der Waals surface area (Å²) in [6, 6.07) is 2.06. The zero-order valence-electron chi connectivity index (χ0n) is 8.60. The van der Waals surface area contributed by atoms with E-state index < -0.39 is 0 Å². The third kappa shape index (κ3) is 1.41. The second kappa shape index (κ2) is 3.44. The van der Waals surface area contributed by atoms with Crippen molar-refractivity contribution in [2.75, 3.05) is 6.54 Å². The zero-order valence-corrected chi connectivity index (χ0v) is 8.60. The van der Waals surface area contributed by atoms with Gasteiger partial charge in [0.1, 0.15) is 5.69 Å². The molecule has 2 rings (SSSR count). The molecule has 76 valence electrons. The molecule has 4 nitrogen and oxygen atoms in total. The first-order valence-corrected chi connectivity index (χ1v) is 5.03. The number of carbonyl (C=O) groups is 1. The molecular weight excluding hydrogens is 178 g/mol. The van der Waals surface area contributed by atoms with Crippen LogP contribution in [0.1, 0.15) is 30.8 Å². The maximum Gasteiger partial charge on any atom is 0.272 e. The van der Waals surface area contributed by atoms with Crippen molar-refractivity contribution in [2.45, 2.75) is 32.9 Å². The Balaban J connectivity index is 2.34. The Hall–Kier alpha value is -1.32. The summed E-state index contributed by atoms with van der Waals surface area (Å²) in [5.74, 6) is 0.106. The lowest BCUT2D eigenvalue weighted by Crippen LogP contribution is -2.36. The van der Waals surface area contributed by atoms with Crippen LogP contribution < -0.4 is 0 Å². The lowest BCUT2D eigenvalue weighted by molar-refractivity contribution is 0.0709. The van der Waals surface area contributed by atoms with Crippen molar-refractivity contribution in [1.82, 2.24) is 14.7 Å². The monoisotopic (exact) mass is 193 g/mol. The summed E-state index contributed by atoms with van der Waals surface area (Å²) in [5, 5.41) is 4.13. The fraction of sp³-hybridized carbons (Fsp3) is 0.600. The van der Waals surface area contributed by atoms with Gasteiger partial charge in [-0.15, -0.1) is 0 Å². The van der Waals surface area contributed by atoms with Crippen LogP contribution >= 0.6 is 0 Å². The van der Waals surface area contributed by atoms with Gasteiger partial charge in [-0.2, -0.15) is 5.10 Å². The van der Waals surface area contributed by atoms with Gasteiger partial charge in [0.25, 0.3) is 5.91 Å². The average molecular weight is 193 g/mol. The first-order chi connectivity index (χ1) is 6.70. The van der Waals surface area contributed by atoms with E-state index >= 15 is 0 Å². The van der Waals surface area contributed by atoms with Crippen molar-refractivity contribution in [3.63, 3.8) is 0 Å². The number of hydrogen-bond donors (Lipinski definition) is 0. The topological polar surface area (TPSA) is 38.1 Å². The van der Waals surface area contributed by atoms with Crippen LogP contribution in [0.3, 0.4) is 0 Å². The lowest BCUT2D eigenvalue weighted by atomic mass is 10.2. The predicted molar refractivity (Wildman–Crippen MR) is 53.0 cm³/mol. The minimum absolute atomic E-state index is 0.106. The van der Waals surface area contributed by atoms with Crippen LogP contribution in [0.15, 0.2) is 12.3 Å². The van der Waals surface area contributed by atoms with Crippen LogP contribution in [0, 0.1) is 0 Å². The summed E-state index contributed by atoms with van der Waals surface area (Å²) in [6.45, 7) is 5.77. The van der Waals surface area contributed by atoms with Gasteiger partial charge < -0.3 is 4.90 Å². The van der Waals surface area contributed by atoms with Crippen LogP contribution in [-0.2, 0) is 6.54 Å². The largest absolute Gasteiger partial charge is 0.335 e.